The molecule has 0 bridgehead atoms. The zero-order chi connectivity index (χ0) is 15.4. The van der Waals surface area contributed by atoms with Crippen LogP contribution in [-0.4, -0.2) is 6.04 Å². The number of rotatable bonds is 5. The summed E-state index contributed by atoms with van der Waals surface area (Å²) >= 11 is 9.35. The molecule has 0 aliphatic rings. The zero-order valence-corrected chi connectivity index (χ0v) is 13.9. The summed E-state index contributed by atoms with van der Waals surface area (Å²) in [6, 6.07) is 10.2. The molecule has 21 heavy (non-hydrogen) atoms. The third kappa shape index (κ3) is 4.43. The van der Waals surface area contributed by atoms with Crippen LogP contribution in [0.5, 0.6) is 11.5 Å². The highest BCUT2D eigenvalue weighted by atomic mass is 79.9. The highest BCUT2D eigenvalue weighted by molar-refractivity contribution is 9.10. The summed E-state index contributed by atoms with van der Waals surface area (Å²) in [6.07, 6.45) is 1.69. The second-order valence-electron chi connectivity index (χ2n) is 4.82. The molecule has 0 fully saturated rings. The van der Waals surface area contributed by atoms with Crippen molar-refractivity contribution in [3.63, 3.8) is 0 Å². The van der Waals surface area contributed by atoms with E-state index in [-0.39, 0.29) is 11.9 Å². The standard InChI is InChI=1S/C16H16BrClFNO/c1-2-11(20)7-10-3-6-16(14(18)8-10)21-12-4-5-15(19)13(17)9-12/h3-6,8-9,11H,2,7,20H2,1H3. The molecule has 112 valence electrons. The minimum Gasteiger partial charge on any atom is -0.456 e. The van der Waals surface area contributed by atoms with Gasteiger partial charge in [0.25, 0.3) is 0 Å². The third-order valence-corrected chi connectivity index (χ3v) is 4.04. The van der Waals surface area contributed by atoms with E-state index in [1.165, 1.54) is 6.07 Å². The van der Waals surface area contributed by atoms with E-state index in [1.54, 1.807) is 18.2 Å². The monoisotopic (exact) mass is 371 g/mol. The first-order valence-electron chi connectivity index (χ1n) is 6.66. The molecule has 0 spiro atoms. The molecule has 0 aliphatic carbocycles. The summed E-state index contributed by atoms with van der Waals surface area (Å²) in [5.74, 6) is 0.713. The summed E-state index contributed by atoms with van der Waals surface area (Å²) < 4.78 is 19.2. The lowest BCUT2D eigenvalue weighted by Gasteiger charge is -2.12. The van der Waals surface area contributed by atoms with E-state index < -0.39 is 0 Å². The maximum absolute atomic E-state index is 13.2. The molecule has 1 atom stereocenters. The van der Waals surface area contributed by atoms with Gasteiger partial charge in [-0.25, -0.2) is 4.39 Å². The fourth-order valence-corrected chi connectivity index (χ4v) is 2.47. The van der Waals surface area contributed by atoms with Gasteiger partial charge in [0.05, 0.1) is 9.50 Å². The Morgan fingerprint density at radius 2 is 2.05 bits per heavy atom. The maximum atomic E-state index is 13.2. The summed E-state index contributed by atoms with van der Waals surface area (Å²) in [5.41, 5.74) is 7.00. The van der Waals surface area contributed by atoms with E-state index in [0.29, 0.717) is 21.0 Å². The van der Waals surface area contributed by atoms with Gasteiger partial charge in [-0.3, -0.25) is 0 Å². The van der Waals surface area contributed by atoms with Crippen molar-refractivity contribution < 1.29 is 9.13 Å². The first-order chi connectivity index (χ1) is 9.99. The second-order valence-corrected chi connectivity index (χ2v) is 6.08. The molecule has 0 aromatic heterocycles. The van der Waals surface area contributed by atoms with Crippen molar-refractivity contribution in [3.05, 3.63) is 57.3 Å². The fourth-order valence-electron chi connectivity index (χ4n) is 1.87. The van der Waals surface area contributed by atoms with Crippen molar-refractivity contribution in [1.82, 2.24) is 0 Å². The Bertz CT molecular complexity index is 636. The van der Waals surface area contributed by atoms with Gasteiger partial charge < -0.3 is 10.5 Å². The molecule has 0 saturated carbocycles. The molecule has 2 nitrogen and oxygen atoms in total. The lowest BCUT2D eigenvalue weighted by molar-refractivity contribution is 0.479. The van der Waals surface area contributed by atoms with E-state index in [0.717, 1.165) is 18.4 Å². The summed E-state index contributed by atoms with van der Waals surface area (Å²) in [7, 11) is 0. The Hall–Kier alpha value is -1.10. The maximum Gasteiger partial charge on any atom is 0.146 e. The highest BCUT2D eigenvalue weighted by Crippen LogP contribution is 2.32. The van der Waals surface area contributed by atoms with Gasteiger partial charge in [-0.1, -0.05) is 24.6 Å². The van der Waals surface area contributed by atoms with Crippen molar-refractivity contribution in [2.45, 2.75) is 25.8 Å². The smallest absolute Gasteiger partial charge is 0.146 e. The molecule has 0 aliphatic heterocycles. The van der Waals surface area contributed by atoms with Crippen LogP contribution >= 0.6 is 27.5 Å². The topological polar surface area (TPSA) is 35.2 Å². The van der Waals surface area contributed by atoms with Crippen LogP contribution in [0.15, 0.2) is 40.9 Å². The Morgan fingerprint density at radius 3 is 2.67 bits per heavy atom. The average molecular weight is 373 g/mol. The minimum atomic E-state index is -0.336. The lowest BCUT2D eigenvalue weighted by atomic mass is 10.0. The average Bonchev–Trinajstić information content (AvgIpc) is 2.45. The van der Waals surface area contributed by atoms with E-state index >= 15 is 0 Å². The van der Waals surface area contributed by atoms with Crippen LogP contribution < -0.4 is 10.5 Å². The van der Waals surface area contributed by atoms with Crippen LogP contribution in [0.4, 0.5) is 4.39 Å². The molecule has 0 amide bonds. The Kier molecular flexibility index (Phi) is 5.62. The van der Waals surface area contributed by atoms with Crippen molar-refractivity contribution >= 4 is 27.5 Å². The molecule has 2 aromatic carbocycles. The van der Waals surface area contributed by atoms with Gasteiger partial charge in [-0.05, 0) is 64.7 Å². The van der Waals surface area contributed by atoms with Gasteiger partial charge in [0.15, 0.2) is 0 Å². The molecule has 0 radical (unpaired) electrons. The van der Waals surface area contributed by atoms with Crippen molar-refractivity contribution in [2.75, 3.05) is 0 Å². The van der Waals surface area contributed by atoms with Gasteiger partial charge in [0, 0.05) is 6.04 Å². The fraction of sp³-hybridized carbons (Fsp3) is 0.250. The van der Waals surface area contributed by atoms with Gasteiger partial charge in [-0.2, -0.15) is 0 Å². The lowest BCUT2D eigenvalue weighted by Crippen LogP contribution is -2.21. The summed E-state index contributed by atoms with van der Waals surface area (Å²) in [4.78, 5) is 0. The predicted molar refractivity (Wildman–Crippen MR) is 87.6 cm³/mol. The Labute approximate surface area is 137 Å². The van der Waals surface area contributed by atoms with Gasteiger partial charge in [0.2, 0.25) is 0 Å². The van der Waals surface area contributed by atoms with Crippen LogP contribution in [0.1, 0.15) is 18.9 Å². The molecule has 2 aromatic rings. The molecule has 2 N–H and O–H groups in total. The van der Waals surface area contributed by atoms with Gasteiger partial charge in [-0.15, -0.1) is 0 Å². The highest BCUT2D eigenvalue weighted by Gasteiger charge is 2.08. The second kappa shape index (κ2) is 7.25. The SMILES string of the molecule is CCC(N)Cc1ccc(Oc2ccc(F)c(Br)c2)c(Cl)c1. The van der Waals surface area contributed by atoms with Crippen molar-refractivity contribution in [1.29, 1.82) is 0 Å². The quantitative estimate of drug-likeness (QED) is 0.771. The number of hydrogen-bond acceptors (Lipinski definition) is 2. The van der Waals surface area contributed by atoms with Crippen LogP contribution in [0.25, 0.3) is 0 Å². The van der Waals surface area contributed by atoms with Gasteiger partial charge in [0.1, 0.15) is 17.3 Å². The Morgan fingerprint density at radius 1 is 1.29 bits per heavy atom. The van der Waals surface area contributed by atoms with E-state index in [1.807, 2.05) is 12.1 Å². The van der Waals surface area contributed by atoms with Crippen LogP contribution in [0, 0.1) is 5.82 Å². The summed E-state index contributed by atoms with van der Waals surface area (Å²) in [5, 5.41) is 0.510. The molecule has 5 heteroatoms. The van der Waals surface area contributed by atoms with E-state index in [4.69, 9.17) is 22.1 Å². The predicted octanol–water partition coefficient (Wildman–Crippen LogP) is 5.31. The normalized spacial score (nSPS) is 12.2. The molecule has 2 rings (SSSR count). The van der Waals surface area contributed by atoms with Crippen molar-refractivity contribution in [2.24, 2.45) is 5.73 Å². The first kappa shape index (κ1) is 16.3. The first-order valence-corrected chi connectivity index (χ1v) is 7.83. The largest absolute Gasteiger partial charge is 0.456 e. The van der Waals surface area contributed by atoms with Crippen LogP contribution in [0.3, 0.4) is 0 Å². The van der Waals surface area contributed by atoms with Crippen LogP contribution in [-0.2, 0) is 6.42 Å². The molecule has 1 unspecified atom stereocenters. The minimum absolute atomic E-state index is 0.126. The van der Waals surface area contributed by atoms with Crippen molar-refractivity contribution in [3.8, 4) is 11.5 Å². The van der Waals surface area contributed by atoms with E-state index in [9.17, 15) is 4.39 Å². The van der Waals surface area contributed by atoms with E-state index in [2.05, 4.69) is 22.9 Å². The number of benzene rings is 2. The third-order valence-electron chi connectivity index (χ3n) is 3.14. The molecular weight excluding hydrogens is 357 g/mol. The summed E-state index contributed by atoms with van der Waals surface area (Å²) in [6.45, 7) is 2.05. The number of ether oxygens (including phenoxy) is 1. The van der Waals surface area contributed by atoms with Gasteiger partial charge >= 0.3 is 0 Å². The number of hydrogen-bond donors (Lipinski definition) is 1. The molecule has 0 saturated heterocycles. The Balaban J connectivity index is 2.15. The zero-order valence-electron chi connectivity index (χ0n) is 11.6. The number of halogens is 3. The molecular formula is C16H16BrClFNO. The van der Waals surface area contributed by atoms with Crippen LogP contribution in [0.2, 0.25) is 5.02 Å². The molecule has 0 heterocycles. The number of nitrogens with two attached hydrogens (primary N) is 1.